The van der Waals surface area contributed by atoms with Gasteiger partial charge in [0.15, 0.2) is 0 Å². The fourth-order valence-corrected chi connectivity index (χ4v) is 3.45. The first-order chi connectivity index (χ1) is 12.2. The van der Waals surface area contributed by atoms with Crippen LogP contribution in [0.2, 0.25) is 0 Å². The van der Waals surface area contributed by atoms with Gasteiger partial charge in [-0.15, -0.1) is 0 Å². The maximum absolute atomic E-state index is 8.88. The summed E-state index contributed by atoms with van der Waals surface area (Å²) >= 11 is 0. The summed E-state index contributed by atoms with van der Waals surface area (Å²) in [6, 6.07) is 10.0. The molecule has 0 N–H and O–H groups in total. The van der Waals surface area contributed by atoms with Crippen LogP contribution in [0.25, 0.3) is 0 Å². The number of rotatable bonds is 7. The summed E-state index contributed by atoms with van der Waals surface area (Å²) in [5, 5.41) is 13.1. The van der Waals surface area contributed by atoms with E-state index >= 15 is 0 Å². The average Bonchev–Trinajstić information content (AvgIpc) is 3.24. The molecule has 0 amide bonds. The normalized spacial score (nSPS) is 20.1. The van der Waals surface area contributed by atoms with Gasteiger partial charge in [-0.25, -0.2) is 0 Å². The van der Waals surface area contributed by atoms with Crippen LogP contribution in [-0.2, 0) is 24.8 Å². The molecule has 1 saturated heterocycles. The topological polar surface area (TPSA) is 54.1 Å². The molecule has 5 nitrogen and oxygen atoms in total. The third kappa shape index (κ3) is 4.91. The number of nitrogens with zero attached hydrogens (tertiary/aromatic N) is 4. The lowest BCUT2D eigenvalue weighted by molar-refractivity contribution is 0.0227. The molecule has 1 fully saturated rings. The van der Waals surface area contributed by atoms with E-state index < -0.39 is 0 Å². The Morgan fingerprint density at radius 3 is 2.64 bits per heavy atom. The van der Waals surface area contributed by atoms with Gasteiger partial charge in [0.25, 0.3) is 0 Å². The van der Waals surface area contributed by atoms with Gasteiger partial charge in [-0.2, -0.15) is 10.4 Å². The quantitative estimate of drug-likeness (QED) is 0.779. The lowest BCUT2D eigenvalue weighted by atomic mass is 10.0. The molecule has 2 atom stereocenters. The fraction of sp³-hybridized carbons (Fsp3) is 0.500. The minimum Gasteiger partial charge on any atom is -0.373 e. The second-order valence-electron chi connectivity index (χ2n) is 6.82. The van der Waals surface area contributed by atoms with Crippen molar-refractivity contribution in [3.8, 4) is 6.07 Å². The standard InChI is InChI=1S/C20H26N4O/c1-3-24(14-18-12-22-23(2)13-18)15-20-9-8-19(25-20)10-16-4-6-17(11-21)7-5-16/h4-7,12-13,19-20H,3,8-10,14-15H2,1-2H3/t19-,20+/m0/s1. The van der Waals surface area contributed by atoms with Crippen LogP contribution >= 0.6 is 0 Å². The number of nitriles is 1. The molecular weight excluding hydrogens is 312 g/mol. The van der Waals surface area contributed by atoms with Crippen molar-refractivity contribution in [3.63, 3.8) is 0 Å². The summed E-state index contributed by atoms with van der Waals surface area (Å²) in [6.07, 6.45) is 7.75. The van der Waals surface area contributed by atoms with Crippen molar-refractivity contribution in [3.05, 3.63) is 53.3 Å². The van der Waals surface area contributed by atoms with Gasteiger partial charge in [0.2, 0.25) is 0 Å². The van der Waals surface area contributed by atoms with Crippen molar-refractivity contribution in [2.24, 2.45) is 7.05 Å². The summed E-state index contributed by atoms with van der Waals surface area (Å²) in [7, 11) is 1.95. The predicted octanol–water partition coefficient (Wildman–Crippen LogP) is 2.90. The van der Waals surface area contributed by atoms with E-state index in [0.717, 1.165) is 38.9 Å². The third-order valence-electron chi connectivity index (χ3n) is 4.82. The molecule has 0 radical (unpaired) electrons. The zero-order chi connectivity index (χ0) is 17.6. The highest BCUT2D eigenvalue weighted by Crippen LogP contribution is 2.24. The van der Waals surface area contributed by atoms with Crippen LogP contribution in [-0.4, -0.2) is 40.0 Å². The van der Waals surface area contributed by atoms with Gasteiger partial charge < -0.3 is 4.74 Å². The average molecular weight is 338 g/mol. The SMILES string of the molecule is CCN(Cc1cnn(C)c1)C[C@H]1CC[C@@H](Cc2ccc(C#N)cc2)O1. The molecule has 25 heavy (non-hydrogen) atoms. The summed E-state index contributed by atoms with van der Waals surface area (Å²) in [6.45, 7) is 5.09. The number of aromatic nitrogens is 2. The summed E-state index contributed by atoms with van der Waals surface area (Å²) < 4.78 is 8.12. The lowest BCUT2D eigenvalue weighted by Crippen LogP contribution is -2.32. The molecule has 0 spiro atoms. The lowest BCUT2D eigenvalue weighted by Gasteiger charge is -2.23. The number of aryl methyl sites for hydroxylation is 1. The number of ether oxygens (including phenoxy) is 1. The molecule has 2 heterocycles. The monoisotopic (exact) mass is 338 g/mol. The van der Waals surface area contributed by atoms with Crippen LogP contribution in [0.4, 0.5) is 0 Å². The minimum absolute atomic E-state index is 0.287. The van der Waals surface area contributed by atoms with E-state index in [0.29, 0.717) is 11.7 Å². The van der Waals surface area contributed by atoms with Crippen LogP contribution in [0, 0.1) is 11.3 Å². The highest BCUT2D eigenvalue weighted by Gasteiger charge is 2.26. The summed E-state index contributed by atoms with van der Waals surface area (Å²) in [5.41, 5.74) is 3.20. The molecule has 132 valence electrons. The zero-order valence-corrected chi connectivity index (χ0v) is 15.1. The Bertz CT molecular complexity index is 716. The van der Waals surface area contributed by atoms with Crippen molar-refractivity contribution in [1.82, 2.24) is 14.7 Å². The Labute approximate surface area is 149 Å². The van der Waals surface area contributed by atoms with Crippen LogP contribution in [0.15, 0.2) is 36.7 Å². The van der Waals surface area contributed by atoms with Crippen molar-refractivity contribution in [2.75, 3.05) is 13.1 Å². The first kappa shape index (κ1) is 17.7. The summed E-state index contributed by atoms with van der Waals surface area (Å²) in [4.78, 5) is 2.42. The fourth-order valence-electron chi connectivity index (χ4n) is 3.45. The van der Waals surface area contributed by atoms with Gasteiger partial charge in [-0.3, -0.25) is 9.58 Å². The van der Waals surface area contributed by atoms with E-state index in [-0.39, 0.29) is 6.10 Å². The Kier molecular flexibility index (Phi) is 5.85. The van der Waals surface area contributed by atoms with Crippen LogP contribution < -0.4 is 0 Å². The second kappa shape index (κ2) is 8.28. The highest BCUT2D eigenvalue weighted by molar-refractivity contribution is 5.31. The molecule has 1 aromatic heterocycles. The van der Waals surface area contributed by atoms with Crippen molar-refractivity contribution < 1.29 is 4.74 Å². The molecule has 0 unspecified atom stereocenters. The van der Waals surface area contributed by atoms with Crippen LogP contribution in [0.1, 0.15) is 36.5 Å². The Balaban J connectivity index is 1.48. The van der Waals surface area contributed by atoms with Crippen molar-refractivity contribution in [2.45, 2.75) is 44.9 Å². The molecular formula is C20H26N4O. The number of likely N-dealkylation sites (N-methyl/N-ethyl adjacent to an activating group) is 1. The molecule has 1 aliphatic heterocycles. The third-order valence-corrected chi connectivity index (χ3v) is 4.82. The first-order valence-electron chi connectivity index (χ1n) is 9.00. The van der Waals surface area contributed by atoms with Crippen molar-refractivity contribution in [1.29, 1.82) is 5.26 Å². The first-order valence-corrected chi connectivity index (χ1v) is 9.00. The van der Waals surface area contributed by atoms with E-state index in [1.54, 1.807) is 0 Å². The maximum atomic E-state index is 8.88. The van der Waals surface area contributed by atoms with Crippen LogP contribution in [0.3, 0.4) is 0 Å². The Morgan fingerprint density at radius 1 is 1.24 bits per heavy atom. The van der Waals surface area contributed by atoms with Gasteiger partial charge >= 0.3 is 0 Å². The minimum atomic E-state index is 0.287. The Hall–Kier alpha value is -2.16. The van der Waals surface area contributed by atoms with Crippen molar-refractivity contribution >= 4 is 0 Å². The number of benzene rings is 1. The molecule has 5 heteroatoms. The smallest absolute Gasteiger partial charge is 0.0991 e. The molecule has 3 rings (SSSR count). The molecule has 2 aromatic rings. The van der Waals surface area contributed by atoms with Gasteiger partial charge in [0.05, 0.1) is 30.0 Å². The molecule has 1 aliphatic rings. The van der Waals surface area contributed by atoms with Gasteiger partial charge in [-0.1, -0.05) is 19.1 Å². The maximum Gasteiger partial charge on any atom is 0.0991 e. The molecule has 0 bridgehead atoms. The predicted molar refractivity (Wildman–Crippen MR) is 96.9 cm³/mol. The van der Waals surface area contributed by atoms with E-state index in [9.17, 15) is 0 Å². The van der Waals surface area contributed by atoms with Crippen LogP contribution in [0.5, 0.6) is 0 Å². The Morgan fingerprint density at radius 2 is 2.00 bits per heavy atom. The van der Waals surface area contributed by atoms with E-state index in [4.69, 9.17) is 10.00 Å². The largest absolute Gasteiger partial charge is 0.373 e. The van der Waals surface area contributed by atoms with Gasteiger partial charge in [0, 0.05) is 31.9 Å². The molecule has 0 saturated carbocycles. The number of hydrogen-bond donors (Lipinski definition) is 0. The van der Waals surface area contributed by atoms with E-state index in [1.165, 1.54) is 11.1 Å². The molecule has 1 aromatic carbocycles. The van der Waals surface area contributed by atoms with Gasteiger partial charge in [-0.05, 0) is 43.5 Å². The highest BCUT2D eigenvalue weighted by atomic mass is 16.5. The second-order valence-corrected chi connectivity index (χ2v) is 6.82. The van der Waals surface area contributed by atoms with Gasteiger partial charge in [0.1, 0.15) is 0 Å². The molecule has 0 aliphatic carbocycles. The van der Waals surface area contributed by atoms with E-state index in [2.05, 4.69) is 29.2 Å². The summed E-state index contributed by atoms with van der Waals surface area (Å²) in [5.74, 6) is 0. The van der Waals surface area contributed by atoms with E-state index in [1.807, 2.05) is 42.2 Å². The zero-order valence-electron chi connectivity index (χ0n) is 15.1. The number of hydrogen-bond acceptors (Lipinski definition) is 4.